The molecule has 1 aliphatic heterocycles. The van der Waals surface area contributed by atoms with Gasteiger partial charge in [0.15, 0.2) is 5.78 Å². The number of fused-ring (bicyclic) bond motifs is 2. The summed E-state index contributed by atoms with van der Waals surface area (Å²) in [5, 5.41) is 3.33. The van der Waals surface area contributed by atoms with Crippen molar-refractivity contribution >= 4 is 35.0 Å². The summed E-state index contributed by atoms with van der Waals surface area (Å²) < 4.78 is 37.8. The predicted molar refractivity (Wildman–Crippen MR) is 105 cm³/mol. The normalized spacial score (nSPS) is 13.0. The van der Waals surface area contributed by atoms with Crippen LogP contribution < -0.4 is 5.32 Å². The van der Waals surface area contributed by atoms with Crippen molar-refractivity contribution in [3.05, 3.63) is 89.5 Å². The first kappa shape index (κ1) is 18.4. The summed E-state index contributed by atoms with van der Waals surface area (Å²) >= 11 is 1.63. The number of halogens is 3. The van der Waals surface area contributed by atoms with Gasteiger partial charge >= 0.3 is 6.18 Å². The number of hydrogen-bond donors (Lipinski definition) is 1. The third kappa shape index (κ3) is 3.82. The zero-order valence-corrected chi connectivity index (χ0v) is 15.3. The maximum atomic E-state index is 12.6. The number of ketones is 1. The number of anilines is 2. The molecule has 4 rings (SSSR count). The third-order valence-corrected chi connectivity index (χ3v) is 5.46. The number of nitrogens with one attached hydrogen (secondary N) is 1. The van der Waals surface area contributed by atoms with Gasteiger partial charge in [-0.25, -0.2) is 0 Å². The van der Waals surface area contributed by atoms with Crippen molar-refractivity contribution in [2.45, 2.75) is 16.0 Å². The van der Waals surface area contributed by atoms with Gasteiger partial charge in [-0.1, -0.05) is 42.1 Å². The molecule has 1 aliphatic rings. The fraction of sp³-hybridized carbons (Fsp3) is 0.0455. The molecule has 28 heavy (non-hydrogen) atoms. The van der Waals surface area contributed by atoms with E-state index in [2.05, 4.69) is 5.32 Å². The van der Waals surface area contributed by atoms with Gasteiger partial charge in [0.05, 0.1) is 16.9 Å². The van der Waals surface area contributed by atoms with Crippen LogP contribution in [0.1, 0.15) is 21.5 Å². The van der Waals surface area contributed by atoms with Crippen molar-refractivity contribution < 1.29 is 18.0 Å². The van der Waals surface area contributed by atoms with Crippen LogP contribution in [0.2, 0.25) is 0 Å². The highest BCUT2D eigenvalue weighted by Gasteiger charge is 2.29. The molecule has 2 nitrogen and oxygen atoms in total. The van der Waals surface area contributed by atoms with Crippen molar-refractivity contribution in [1.29, 1.82) is 0 Å². The minimum absolute atomic E-state index is 0.214. The molecule has 0 saturated carbocycles. The summed E-state index contributed by atoms with van der Waals surface area (Å²) in [5.41, 5.74) is 2.17. The second kappa shape index (κ2) is 7.20. The molecular weight excluding hydrogens is 383 g/mol. The summed E-state index contributed by atoms with van der Waals surface area (Å²) in [6.45, 7) is 0. The summed E-state index contributed by atoms with van der Waals surface area (Å²) in [4.78, 5) is 14.6. The van der Waals surface area contributed by atoms with Gasteiger partial charge in [0.1, 0.15) is 0 Å². The van der Waals surface area contributed by atoms with E-state index in [1.54, 1.807) is 23.9 Å². The molecule has 0 amide bonds. The van der Waals surface area contributed by atoms with Crippen LogP contribution in [0.15, 0.2) is 82.6 Å². The van der Waals surface area contributed by atoms with Gasteiger partial charge in [-0.3, -0.25) is 4.79 Å². The van der Waals surface area contributed by atoms with Crippen LogP contribution in [0, 0.1) is 0 Å². The van der Waals surface area contributed by atoms with E-state index in [1.165, 1.54) is 24.3 Å². The van der Waals surface area contributed by atoms with E-state index in [0.29, 0.717) is 11.1 Å². The van der Waals surface area contributed by atoms with Gasteiger partial charge in [-0.2, -0.15) is 13.2 Å². The van der Waals surface area contributed by atoms with Crippen LogP contribution in [0.25, 0.3) is 6.08 Å². The van der Waals surface area contributed by atoms with E-state index >= 15 is 0 Å². The van der Waals surface area contributed by atoms with Crippen LogP contribution in [-0.4, -0.2) is 5.78 Å². The summed E-state index contributed by atoms with van der Waals surface area (Å²) in [6.07, 6.45) is -1.49. The molecule has 0 spiro atoms. The molecule has 0 unspecified atom stereocenters. The molecular formula is C22H14F3NOS. The number of carbonyl (C=O) groups is 1. The summed E-state index contributed by atoms with van der Waals surface area (Å²) in [6, 6.07) is 18.0. The molecule has 3 aromatic rings. The predicted octanol–water partition coefficient (Wildman–Crippen LogP) is 6.81. The molecule has 0 aliphatic carbocycles. The number of allylic oxidation sites excluding steroid dienone is 1. The van der Waals surface area contributed by atoms with E-state index in [4.69, 9.17) is 0 Å². The Labute approximate surface area is 164 Å². The van der Waals surface area contributed by atoms with Crippen LogP contribution in [-0.2, 0) is 6.18 Å². The fourth-order valence-electron chi connectivity index (χ4n) is 2.84. The van der Waals surface area contributed by atoms with Crippen LogP contribution in [0.5, 0.6) is 0 Å². The number of rotatable bonds is 3. The Morgan fingerprint density at radius 2 is 1.61 bits per heavy atom. The Bertz CT molecular complexity index is 1070. The van der Waals surface area contributed by atoms with Crippen molar-refractivity contribution in [2.75, 3.05) is 5.32 Å². The number of carbonyl (C=O) groups excluding carboxylic acids is 1. The molecule has 0 aromatic heterocycles. The number of benzene rings is 3. The van der Waals surface area contributed by atoms with Crippen LogP contribution in [0.4, 0.5) is 24.5 Å². The lowest BCUT2D eigenvalue weighted by molar-refractivity contribution is -0.137. The Hall–Kier alpha value is -2.99. The van der Waals surface area contributed by atoms with Crippen molar-refractivity contribution in [3.63, 3.8) is 0 Å². The van der Waals surface area contributed by atoms with E-state index < -0.39 is 11.7 Å². The smallest absolute Gasteiger partial charge is 0.354 e. The SMILES string of the molecule is O=C(/C=C/c1ccc(C(F)(F)F)cc1)c1ccc2c(c1)Nc1ccccc1S2. The largest absolute Gasteiger partial charge is 0.416 e. The summed E-state index contributed by atoms with van der Waals surface area (Å²) in [7, 11) is 0. The van der Waals surface area contributed by atoms with Crippen molar-refractivity contribution in [1.82, 2.24) is 0 Å². The average molecular weight is 397 g/mol. The zero-order valence-electron chi connectivity index (χ0n) is 14.5. The van der Waals surface area contributed by atoms with Crippen LogP contribution >= 0.6 is 11.8 Å². The molecule has 6 heteroatoms. The molecule has 3 aromatic carbocycles. The Morgan fingerprint density at radius 3 is 2.36 bits per heavy atom. The Kier molecular flexibility index (Phi) is 4.73. The van der Waals surface area contributed by atoms with E-state index in [1.807, 2.05) is 30.3 Å². The lowest BCUT2D eigenvalue weighted by atomic mass is 10.1. The van der Waals surface area contributed by atoms with E-state index in [-0.39, 0.29) is 5.78 Å². The van der Waals surface area contributed by atoms with Gasteiger partial charge in [-0.05, 0) is 54.1 Å². The lowest BCUT2D eigenvalue weighted by Crippen LogP contribution is -2.04. The standard InChI is InChI=1S/C22H14F3NOS/c23-22(24,25)16-9-5-14(6-10-16)7-11-19(27)15-8-12-21-18(13-15)26-17-3-1-2-4-20(17)28-21/h1-13,26H/b11-7+. The first-order valence-electron chi connectivity index (χ1n) is 8.48. The Balaban J connectivity index is 1.51. The van der Waals surface area contributed by atoms with Gasteiger partial charge in [-0.15, -0.1) is 0 Å². The maximum absolute atomic E-state index is 12.6. The second-order valence-corrected chi connectivity index (χ2v) is 7.34. The first-order chi connectivity index (χ1) is 13.4. The van der Waals surface area contributed by atoms with Crippen molar-refractivity contribution in [3.8, 4) is 0 Å². The highest BCUT2D eigenvalue weighted by molar-refractivity contribution is 7.99. The number of hydrogen-bond acceptors (Lipinski definition) is 3. The number of para-hydroxylation sites is 1. The fourth-order valence-corrected chi connectivity index (χ4v) is 3.81. The molecule has 0 saturated heterocycles. The minimum atomic E-state index is -4.37. The van der Waals surface area contributed by atoms with Gasteiger partial charge in [0, 0.05) is 15.4 Å². The van der Waals surface area contributed by atoms with Crippen LogP contribution in [0.3, 0.4) is 0 Å². The highest BCUT2D eigenvalue weighted by atomic mass is 32.2. The summed E-state index contributed by atoms with van der Waals surface area (Å²) in [5.74, 6) is -0.214. The third-order valence-electron chi connectivity index (χ3n) is 4.31. The lowest BCUT2D eigenvalue weighted by Gasteiger charge is -2.20. The Morgan fingerprint density at radius 1 is 0.893 bits per heavy atom. The molecule has 0 atom stereocenters. The monoisotopic (exact) mass is 397 g/mol. The quantitative estimate of drug-likeness (QED) is 0.304. The molecule has 1 heterocycles. The molecule has 0 fully saturated rings. The highest BCUT2D eigenvalue weighted by Crippen LogP contribution is 2.44. The molecule has 1 N–H and O–H groups in total. The molecule has 0 radical (unpaired) electrons. The van der Waals surface area contributed by atoms with Crippen molar-refractivity contribution in [2.24, 2.45) is 0 Å². The first-order valence-corrected chi connectivity index (χ1v) is 9.29. The minimum Gasteiger partial charge on any atom is -0.354 e. The molecule has 140 valence electrons. The van der Waals surface area contributed by atoms with Gasteiger partial charge in [0.25, 0.3) is 0 Å². The average Bonchev–Trinajstić information content (AvgIpc) is 2.69. The maximum Gasteiger partial charge on any atom is 0.416 e. The molecule has 0 bridgehead atoms. The van der Waals surface area contributed by atoms with Gasteiger partial charge in [0.2, 0.25) is 0 Å². The zero-order chi connectivity index (χ0) is 19.7. The number of alkyl halides is 3. The van der Waals surface area contributed by atoms with E-state index in [0.717, 1.165) is 33.3 Å². The van der Waals surface area contributed by atoms with Gasteiger partial charge < -0.3 is 5.32 Å². The second-order valence-electron chi connectivity index (χ2n) is 6.25. The topological polar surface area (TPSA) is 29.1 Å². The van der Waals surface area contributed by atoms with E-state index in [9.17, 15) is 18.0 Å².